The number of anilines is 1. The molecule has 0 unspecified atom stereocenters. The minimum absolute atomic E-state index is 0.186. The van der Waals surface area contributed by atoms with Gasteiger partial charge in [-0.25, -0.2) is 19.9 Å². The van der Waals surface area contributed by atoms with Crippen LogP contribution in [0, 0.1) is 0 Å². The highest BCUT2D eigenvalue weighted by Gasteiger charge is 2.29. The summed E-state index contributed by atoms with van der Waals surface area (Å²) >= 11 is 7.41. The van der Waals surface area contributed by atoms with Crippen molar-refractivity contribution < 1.29 is 0 Å². The van der Waals surface area contributed by atoms with E-state index < -0.39 is 0 Å². The summed E-state index contributed by atoms with van der Waals surface area (Å²) in [5.74, 6) is 0.527. The smallest absolute Gasteiger partial charge is 0.344 e. The minimum Gasteiger partial charge on any atom is -0.354 e. The Morgan fingerprint density at radius 2 is 2.38 bits per heavy atom. The van der Waals surface area contributed by atoms with Gasteiger partial charge in [-0.1, -0.05) is 18.5 Å². The van der Waals surface area contributed by atoms with Gasteiger partial charge in [-0.3, -0.25) is 4.57 Å². The predicted octanol–water partition coefficient (Wildman–Crippen LogP) is 2.32. The van der Waals surface area contributed by atoms with Gasteiger partial charge in [-0.2, -0.15) is 0 Å². The van der Waals surface area contributed by atoms with E-state index in [1.165, 1.54) is 11.8 Å². The minimum atomic E-state index is -0.186. The second-order valence-electron chi connectivity index (χ2n) is 4.79. The Morgan fingerprint density at radius 1 is 1.57 bits per heavy atom. The zero-order chi connectivity index (χ0) is 14.8. The Kier molecular flexibility index (Phi) is 4.16. The van der Waals surface area contributed by atoms with Gasteiger partial charge in [-0.05, 0) is 31.0 Å². The van der Waals surface area contributed by atoms with E-state index in [0.29, 0.717) is 21.2 Å². The largest absolute Gasteiger partial charge is 0.354 e. The van der Waals surface area contributed by atoms with E-state index >= 15 is 0 Å². The van der Waals surface area contributed by atoms with E-state index in [2.05, 4.69) is 32.4 Å². The molecule has 3 rings (SSSR count). The number of H-pyrrole nitrogens is 1. The molecule has 0 amide bonds. The van der Waals surface area contributed by atoms with Crippen LogP contribution in [0.25, 0.3) is 0 Å². The van der Waals surface area contributed by atoms with Gasteiger partial charge in [0, 0.05) is 12.6 Å². The fourth-order valence-electron chi connectivity index (χ4n) is 1.85. The van der Waals surface area contributed by atoms with Gasteiger partial charge in [0.25, 0.3) is 0 Å². The highest BCUT2D eigenvalue weighted by Crippen LogP contribution is 2.38. The third kappa shape index (κ3) is 3.21. The topological polar surface area (TPSA) is 88.5 Å². The fourth-order valence-corrected chi connectivity index (χ4v) is 2.93. The summed E-state index contributed by atoms with van der Waals surface area (Å²) in [5, 5.41) is 11.3. The Bertz CT molecular complexity index is 695. The quantitative estimate of drug-likeness (QED) is 0.792. The molecule has 9 heteroatoms. The highest BCUT2D eigenvalue weighted by molar-refractivity contribution is 7.99. The molecule has 1 saturated carbocycles. The summed E-state index contributed by atoms with van der Waals surface area (Å²) in [6.07, 6.45) is 4.55. The molecule has 1 aliphatic rings. The van der Waals surface area contributed by atoms with Gasteiger partial charge in [0.15, 0.2) is 5.16 Å². The molecule has 0 spiro atoms. The maximum Gasteiger partial charge on any atom is 0.344 e. The maximum atomic E-state index is 11.8. The van der Waals surface area contributed by atoms with Crippen LogP contribution in [0.3, 0.4) is 0 Å². The van der Waals surface area contributed by atoms with E-state index in [0.717, 1.165) is 25.8 Å². The molecule has 7 nitrogen and oxygen atoms in total. The summed E-state index contributed by atoms with van der Waals surface area (Å²) in [6.45, 7) is 2.86. The molecule has 2 N–H and O–H groups in total. The SMILES string of the molecule is CCCNc1ncc(Cl)c(Sc2n[nH]c(=O)n2C2CC2)n1. The summed E-state index contributed by atoms with van der Waals surface area (Å²) < 4.78 is 1.67. The van der Waals surface area contributed by atoms with Crippen LogP contribution >= 0.6 is 23.4 Å². The van der Waals surface area contributed by atoms with E-state index in [1.807, 2.05) is 0 Å². The van der Waals surface area contributed by atoms with Crippen LogP contribution < -0.4 is 11.0 Å². The van der Waals surface area contributed by atoms with Crippen LogP contribution in [0.4, 0.5) is 5.95 Å². The summed E-state index contributed by atoms with van der Waals surface area (Å²) in [4.78, 5) is 20.3. The van der Waals surface area contributed by atoms with Crippen LogP contribution in [0.15, 0.2) is 21.2 Å². The first kappa shape index (κ1) is 14.4. The second kappa shape index (κ2) is 6.07. The molecule has 1 aliphatic carbocycles. The lowest BCUT2D eigenvalue weighted by Gasteiger charge is -2.07. The first-order valence-electron chi connectivity index (χ1n) is 6.80. The van der Waals surface area contributed by atoms with Gasteiger partial charge in [0.2, 0.25) is 5.95 Å². The molecule has 1 fully saturated rings. The summed E-state index contributed by atoms with van der Waals surface area (Å²) in [7, 11) is 0. The van der Waals surface area contributed by atoms with E-state index in [4.69, 9.17) is 11.6 Å². The number of aromatic nitrogens is 5. The molecule has 0 bridgehead atoms. The first-order chi connectivity index (χ1) is 10.2. The molecular weight excluding hydrogens is 312 g/mol. The van der Waals surface area contributed by atoms with Crippen molar-refractivity contribution in [3.8, 4) is 0 Å². The molecular formula is C12H15ClN6OS. The van der Waals surface area contributed by atoms with Crippen LogP contribution in [-0.2, 0) is 0 Å². The highest BCUT2D eigenvalue weighted by atomic mass is 35.5. The van der Waals surface area contributed by atoms with Gasteiger partial charge < -0.3 is 5.32 Å². The zero-order valence-corrected chi connectivity index (χ0v) is 13.0. The lowest BCUT2D eigenvalue weighted by atomic mass is 10.5. The number of aromatic amines is 1. The number of hydrogen-bond acceptors (Lipinski definition) is 6. The van der Waals surface area contributed by atoms with Crippen molar-refractivity contribution >= 4 is 29.3 Å². The van der Waals surface area contributed by atoms with E-state index in [9.17, 15) is 4.79 Å². The molecule has 21 heavy (non-hydrogen) atoms. The molecule has 0 atom stereocenters. The third-order valence-electron chi connectivity index (χ3n) is 3.02. The molecule has 2 aromatic rings. The molecule has 0 aliphatic heterocycles. The number of halogens is 1. The lowest BCUT2D eigenvalue weighted by molar-refractivity contribution is 0.642. The molecule has 0 aromatic carbocycles. The summed E-state index contributed by atoms with van der Waals surface area (Å²) in [6, 6.07) is 0.247. The molecule has 2 aromatic heterocycles. The number of hydrogen-bond donors (Lipinski definition) is 2. The van der Waals surface area contributed by atoms with Crippen molar-refractivity contribution in [2.24, 2.45) is 0 Å². The Morgan fingerprint density at radius 3 is 3.10 bits per heavy atom. The fraction of sp³-hybridized carbons (Fsp3) is 0.500. The maximum absolute atomic E-state index is 11.8. The van der Waals surface area contributed by atoms with Gasteiger partial charge in [0.1, 0.15) is 5.03 Å². The molecule has 2 heterocycles. The van der Waals surface area contributed by atoms with Crippen molar-refractivity contribution in [1.82, 2.24) is 24.7 Å². The van der Waals surface area contributed by atoms with Crippen molar-refractivity contribution in [2.45, 2.75) is 42.4 Å². The van der Waals surface area contributed by atoms with Crippen molar-refractivity contribution in [3.63, 3.8) is 0 Å². The Labute approximate surface area is 130 Å². The predicted molar refractivity (Wildman–Crippen MR) is 81.1 cm³/mol. The van der Waals surface area contributed by atoms with Crippen LogP contribution in [0.5, 0.6) is 0 Å². The Balaban J connectivity index is 1.85. The standard InChI is InChI=1S/C12H15ClN6OS/c1-2-5-14-10-15-6-8(13)9(16-10)21-12-18-17-11(20)19(12)7-3-4-7/h6-7H,2-5H2,1H3,(H,17,20)(H,14,15,16). The van der Waals surface area contributed by atoms with Crippen molar-refractivity contribution in [1.29, 1.82) is 0 Å². The van der Waals surface area contributed by atoms with Crippen LogP contribution in [0.2, 0.25) is 5.02 Å². The second-order valence-corrected chi connectivity index (χ2v) is 6.15. The monoisotopic (exact) mass is 326 g/mol. The Hall–Kier alpha value is -1.54. The zero-order valence-electron chi connectivity index (χ0n) is 11.5. The van der Waals surface area contributed by atoms with E-state index in [-0.39, 0.29) is 11.7 Å². The molecule has 0 radical (unpaired) electrons. The van der Waals surface area contributed by atoms with Gasteiger partial charge in [-0.15, -0.1) is 5.10 Å². The lowest BCUT2D eigenvalue weighted by Crippen LogP contribution is -2.16. The van der Waals surface area contributed by atoms with Crippen molar-refractivity contribution in [2.75, 3.05) is 11.9 Å². The van der Waals surface area contributed by atoms with Gasteiger partial charge in [0.05, 0.1) is 11.2 Å². The number of nitrogens with one attached hydrogen (secondary N) is 2. The molecule has 0 saturated heterocycles. The average molecular weight is 327 g/mol. The van der Waals surface area contributed by atoms with Crippen LogP contribution in [0.1, 0.15) is 32.2 Å². The van der Waals surface area contributed by atoms with Crippen molar-refractivity contribution in [3.05, 3.63) is 21.7 Å². The normalized spacial score (nSPS) is 14.4. The first-order valence-corrected chi connectivity index (χ1v) is 7.99. The van der Waals surface area contributed by atoms with E-state index in [1.54, 1.807) is 10.8 Å². The average Bonchev–Trinajstić information content (AvgIpc) is 3.24. The number of nitrogens with zero attached hydrogens (tertiary/aromatic N) is 4. The molecule has 112 valence electrons. The van der Waals surface area contributed by atoms with Crippen LogP contribution in [-0.4, -0.2) is 31.3 Å². The summed E-state index contributed by atoms with van der Waals surface area (Å²) in [5.41, 5.74) is -0.186. The number of rotatable bonds is 6. The third-order valence-corrected chi connectivity index (χ3v) is 4.38. The van der Waals surface area contributed by atoms with Gasteiger partial charge >= 0.3 is 5.69 Å².